The first kappa shape index (κ1) is 21.4. The molecule has 0 fully saturated rings. The molecule has 0 aliphatic heterocycles. The number of fused-ring (bicyclic) bond motifs is 1. The van der Waals surface area contributed by atoms with Crippen LogP contribution in [-0.2, 0) is 24.4 Å². The molecule has 0 saturated carbocycles. The molecule has 154 valence electrons. The molecule has 0 saturated heterocycles. The highest BCUT2D eigenvalue weighted by molar-refractivity contribution is 7.99. The summed E-state index contributed by atoms with van der Waals surface area (Å²) in [7, 11) is 0. The second-order valence-electron chi connectivity index (χ2n) is 6.92. The Kier molecular flexibility index (Phi) is 7.72. The van der Waals surface area contributed by atoms with Crippen LogP contribution in [0.25, 0.3) is 11.0 Å². The molecule has 0 radical (unpaired) electrons. The van der Waals surface area contributed by atoms with Crippen LogP contribution >= 0.6 is 11.8 Å². The van der Waals surface area contributed by atoms with Crippen LogP contribution in [0.5, 0.6) is 0 Å². The summed E-state index contributed by atoms with van der Waals surface area (Å²) < 4.78 is 2.16. The van der Waals surface area contributed by atoms with Gasteiger partial charge in [-0.15, -0.1) is 0 Å². The maximum absolute atomic E-state index is 12.5. The summed E-state index contributed by atoms with van der Waals surface area (Å²) >= 11 is 1.49. The van der Waals surface area contributed by atoms with Crippen LogP contribution in [0, 0.1) is 0 Å². The number of para-hydroxylation sites is 2. The summed E-state index contributed by atoms with van der Waals surface area (Å²) in [6, 6.07) is 16.4. The maximum atomic E-state index is 12.5. The lowest BCUT2D eigenvalue weighted by molar-refractivity contribution is -0.118. The number of amides is 1. The fraction of sp³-hybridized carbons (Fsp3) is 0.391. The third-order valence-electron chi connectivity index (χ3n) is 5.15. The first-order valence-corrected chi connectivity index (χ1v) is 11.3. The van der Waals surface area contributed by atoms with Crippen molar-refractivity contribution in [3.8, 4) is 0 Å². The Morgan fingerprint density at radius 3 is 2.45 bits per heavy atom. The van der Waals surface area contributed by atoms with Gasteiger partial charge in [-0.3, -0.25) is 9.69 Å². The molecule has 1 heterocycles. The van der Waals surface area contributed by atoms with Gasteiger partial charge in [-0.25, -0.2) is 4.98 Å². The van der Waals surface area contributed by atoms with Crippen LogP contribution in [0.2, 0.25) is 0 Å². The normalized spacial score (nSPS) is 11.3. The number of aromatic nitrogens is 2. The number of nitrogens with zero attached hydrogens (tertiary/aromatic N) is 3. The molecule has 6 heteroatoms. The average molecular weight is 411 g/mol. The first-order valence-electron chi connectivity index (χ1n) is 10.3. The SMILES string of the molecule is CCN(CC)Cc1ccccc1CNC(=O)CSc1nc2ccccc2n1CC. The zero-order valence-electron chi connectivity index (χ0n) is 17.5. The molecule has 0 bridgehead atoms. The minimum Gasteiger partial charge on any atom is -0.351 e. The molecule has 29 heavy (non-hydrogen) atoms. The van der Waals surface area contributed by atoms with Gasteiger partial charge in [0.2, 0.25) is 5.91 Å². The fourth-order valence-corrected chi connectivity index (χ4v) is 4.32. The van der Waals surface area contributed by atoms with Crippen molar-refractivity contribution < 1.29 is 4.79 Å². The van der Waals surface area contributed by atoms with Crippen molar-refractivity contribution in [2.45, 2.75) is 45.6 Å². The molecule has 2 aromatic carbocycles. The molecule has 1 aromatic heterocycles. The third-order valence-corrected chi connectivity index (χ3v) is 6.13. The molecular formula is C23H30N4OS. The molecule has 0 atom stereocenters. The molecule has 0 aliphatic carbocycles. The number of aryl methyl sites for hydroxylation is 1. The molecule has 3 rings (SSSR count). The first-order chi connectivity index (χ1) is 14.2. The zero-order chi connectivity index (χ0) is 20.6. The molecule has 0 unspecified atom stereocenters. The van der Waals surface area contributed by atoms with E-state index >= 15 is 0 Å². The molecule has 1 amide bonds. The van der Waals surface area contributed by atoms with E-state index in [4.69, 9.17) is 0 Å². The van der Waals surface area contributed by atoms with Crippen molar-refractivity contribution in [1.29, 1.82) is 0 Å². The van der Waals surface area contributed by atoms with Crippen LogP contribution in [0.15, 0.2) is 53.7 Å². The van der Waals surface area contributed by atoms with Gasteiger partial charge in [-0.2, -0.15) is 0 Å². The predicted octanol–water partition coefficient (Wildman–Crippen LogP) is 4.31. The van der Waals surface area contributed by atoms with E-state index in [2.05, 4.69) is 64.8 Å². The fourth-order valence-electron chi connectivity index (χ4n) is 3.42. The third kappa shape index (κ3) is 5.40. The molecule has 1 N–H and O–H groups in total. The van der Waals surface area contributed by atoms with Gasteiger partial charge in [0.25, 0.3) is 0 Å². The van der Waals surface area contributed by atoms with Crippen LogP contribution in [0.4, 0.5) is 0 Å². The van der Waals surface area contributed by atoms with Crippen molar-refractivity contribution in [2.24, 2.45) is 0 Å². The van der Waals surface area contributed by atoms with E-state index < -0.39 is 0 Å². The van der Waals surface area contributed by atoms with E-state index in [0.717, 1.165) is 42.4 Å². The Balaban J connectivity index is 1.59. The van der Waals surface area contributed by atoms with Gasteiger partial charge in [-0.1, -0.05) is 62.0 Å². The highest BCUT2D eigenvalue weighted by atomic mass is 32.2. The second kappa shape index (κ2) is 10.5. The monoisotopic (exact) mass is 410 g/mol. The molecule has 0 aliphatic rings. The number of rotatable bonds is 10. The lowest BCUT2D eigenvalue weighted by Crippen LogP contribution is -2.27. The maximum Gasteiger partial charge on any atom is 0.230 e. The molecule has 0 spiro atoms. The summed E-state index contributed by atoms with van der Waals surface area (Å²) in [6.45, 7) is 10.8. The van der Waals surface area contributed by atoms with Gasteiger partial charge < -0.3 is 9.88 Å². The van der Waals surface area contributed by atoms with Gasteiger partial charge in [-0.05, 0) is 43.3 Å². The Hall–Kier alpha value is -2.31. The number of thioether (sulfide) groups is 1. The predicted molar refractivity (Wildman–Crippen MR) is 121 cm³/mol. The zero-order valence-corrected chi connectivity index (χ0v) is 18.3. The smallest absolute Gasteiger partial charge is 0.230 e. The largest absolute Gasteiger partial charge is 0.351 e. The van der Waals surface area contributed by atoms with Crippen LogP contribution in [0.3, 0.4) is 0 Å². The van der Waals surface area contributed by atoms with Gasteiger partial charge in [0.15, 0.2) is 5.16 Å². The summed E-state index contributed by atoms with van der Waals surface area (Å²) in [4.78, 5) is 19.5. The van der Waals surface area contributed by atoms with E-state index in [0.29, 0.717) is 12.3 Å². The Morgan fingerprint density at radius 2 is 1.72 bits per heavy atom. The minimum absolute atomic E-state index is 0.0300. The number of hydrogen-bond acceptors (Lipinski definition) is 4. The Bertz CT molecular complexity index is 949. The Morgan fingerprint density at radius 1 is 1.03 bits per heavy atom. The summed E-state index contributed by atoms with van der Waals surface area (Å²) in [6.07, 6.45) is 0. The number of hydrogen-bond donors (Lipinski definition) is 1. The minimum atomic E-state index is 0.0300. The number of benzene rings is 2. The number of imidazole rings is 1. The molecule has 3 aromatic rings. The quantitative estimate of drug-likeness (QED) is 0.506. The summed E-state index contributed by atoms with van der Waals surface area (Å²) in [5.74, 6) is 0.393. The van der Waals surface area contributed by atoms with E-state index in [1.54, 1.807) is 0 Å². The average Bonchev–Trinajstić information content (AvgIpc) is 3.12. The summed E-state index contributed by atoms with van der Waals surface area (Å²) in [5.41, 5.74) is 4.54. The van der Waals surface area contributed by atoms with Gasteiger partial charge in [0.1, 0.15) is 0 Å². The van der Waals surface area contributed by atoms with Crippen LogP contribution in [0.1, 0.15) is 31.9 Å². The van der Waals surface area contributed by atoms with E-state index in [1.807, 2.05) is 24.3 Å². The van der Waals surface area contributed by atoms with Crippen molar-refractivity contribution in [1.82, 2.24) is 19.8 Å². The van der Waals surface area contributed by atoms with Crippen molar-refractivity contribution in [2.75, 3.05) is 18.8 Å². The van der Waals surface area contributed by atoms with Crippen LogP contribution in [-0.4, -0.2) is 39.2 Å². The summed E-state index contributed by atoms with van der Waals surface area (Å²) in [5, 5.41) is 3.97. The van der Waals surface area contributed by atoms with Crippen LogP contribution < -0.4 is 5.32 Å². The van der Waals surface area contributed by atoms with Gasteiger partial charge in [0.05, 0.1) is 16.8 Å². The number of nitrogens with one attached hydrogen (secondary N) is 1. The second-order valence-corrected chi connectivity index (χ2v) is 7.87. The van der Waals surface area contributed by atoms with E-state index in [1.165, 1.54) is 22.9 Å². The number of carbonyl (C=O) groups is 1. The van der Waals surface area contributed by atoms with Crippen molar-refractivity contribution >= 4 is 28.7 Å². The number of carbonyl (C=O) groups excluding carboxylic acids is 1. The topological polar surface area (TPSA) is 50.2 Å². The molecule has 5 nitrogen and oxygen atoms in total. The van der Waals surface area contributed by atoms with Crippen molar-refractivity contribution in [3.05, 3.63) is 59.7 Å². The highest BCUT2D eigenvalue weighted by Crippen LogP contribution is 2.23. The van der Waals surface area contributed by atoms with Gasteiger partial charge >= 0.3 is 0 Å². The Labute approximate surface area is 177 Å². The molecular weight excluding hydrogens is 380 g/mol. The lowest BCUT2D eigenvalue weighted by Gasteiger charge is -2.20. The lowest BCUT2D eigenvalue weighted by atomic mass is 10.1. The van der Waals surface area contributed by atoms with Crippen molar-refractivity contribution in [3.63, 3.8) is 0 Å². The van der Waals surface area contributed by atoms with E-state index in [9.17, 15) is 4.79 Å². The highest BCUT2D eigenvalue weighted by Gasteiger charge is 2.12. The van der Waals surface area contributed by atoms with E-state index in [-0.39, 0.29) is 5.91 Å². The standard InChI is InChI=1S/C23H30N4OS/c1-4-26(5-2)16-19-12-8-7-11-18(19)15-24-22(28)17-29-23-25-20-13-9-10-14-21(20)27(23)6-3/h7-14H,4-6,15-17H2,1-3H3,(H,24,28). The van der Waals surface area contributed by atoms with Gasteiger partial charge in [0, 0.05) is 19.6 Å².